The fraction of sp³-hybridized carbons (Fsp3) is 0.462. The van der Waals surface area contributed by atoms with Crippen LogP contribution in [0.15, 0.2) is 12.1 Å². The molecule has 1 N–H and O–H groups in total. The molecule has 0 saturated carbocycles. The van der Waals surface area contributed by atoms with Gasteiger partial charge in [0, 0.05) is 24.6 Å². The molecule has 102 valence electrons. The molecule has 0 radical (unpaired) electrons. The van der Waals surface area contributed by atoms with Crippen LogP contribution in [0.5, 0.6) is 0 Å². The Morgan fingerprint density at radius 3 is 3.05 bits per heavy atom. The minimum Gasteiger partial charge on any atom is -0.381 e. The van der Waals surface area contributed by atoms with Crippen molar-refractivity contribution in [2.45, 2.75) is 19.4 Å². The maximum absolute atomic E-state index is 13.5. The number of hydrogen-bond acceptors (Lipinski definition) is 2. The lowest BCUT2D eigenvalue weighted by Gasteiger charge is -2.20. The fourth-order valence-electron chi connectivity index (χ4n) is 2.67. The quantitative estimate of drug-likeness (QED) is 0.847. The van der Waals surface area contributed by atoms with Crippen LogP contribution in [0, 0.1) is 16.5 Å². The molecule has 1 aliphatic heterocycles. The van der Waals surface area contributed by atoms with Crippen LogP contribution < -0.4 is 0 Å². The summed E-state index contributed by atoms with van der Waals surface area (Å²) < 4.78 is 21.5. The van der Waals surface area contributed by atoms with Crippen LogP contribution in [-0.4, -0.2) is 22.8 Å². The average molecular weight is 301 g/mol. The Kier molecular flexibility index (Phi) is 3.37. The SMILES string of the molecule is CC(C1CCOC1)n1c(=S)[nH]c2cc(F)c(Cl)cc21. The third-order valence-corrected chi connectivity index (χ3v) is 4.40. The normalized spacial score (nSPS) is 21.1. The van der Waals surface area contributed by atoms with Gasteiger partial charge in [-0.2, -0.15) is 0 Å². The van der Waals surface area contributed by atoms with Crippen LogP contribution in [0.25, 0.3) is 11.0 Å². The summed E-state index contributed by atoms with van der Waals surface area (Å²) >= 11 is 11.2. The smallest absolute Gasteiger partial charge is 0.178 e. The number of nitrogens with one attached hydrogen (secondary N) is 1. The van der Waals surface area contributed by atoms with Gasteiger partial charge < -0.3 is 14.3 Å². The van der Waals surface area contributed by atoms with E-state index in [0.717, 1.165) is 25.2 Å². The van der Waals surface area contributed by atoms with Gasteiger partial charge in [0.1, 0.15) is 5.82 Å². The van der Waals surface area contributed by atoms with E-state index >= 15 is 0 Å². The predicted octanol–water partition coefficient (Wildman–Crippen LogP) is 4.09. The van der Waals surface area contributed by atoms with Crippen LogP contribution >= 0.6 is 23.8 Å². The molecule has 0 bridgehead atoms. The van der Waals surface area contributed by atoms with Crippen molar-refractivity contribution in [1.29, 1.82) is 0 Å². The van der Waals surface area contributed by atoms with E-state index in [1.54, 1.807) is 6.07 Å². The maximum atomic E-state index is 13.5. The number of rotatable bonds is 2. The van der Waals surface area contributed by atoms with Crippen LogP contribution in [-0.2, 0) is 4.74 Å². The van der Waals surface area contributed by atoms with Crippen LogP contribution in [0.3, 0.4) is 0 Å². The monoisotopic (exact) mass is 300 g/mol. The number of aromatic nitrogens is 2. The highest BCUT2D eigenvalue weighted by molar-refractivity contribution is 7.71. The zero-order chi connectivity index (χ0) is 13.6. The summed E-state index contributed by atoms with van der Waals surface area (Å²) in [4.78, 5) is 3.04. The van der Waals surface area contributed by atoms with E-state index in [1.807, 2.05) is 4.57 Å². The van der Waals surface area contributed by atoms with Crippen molar-refractivity contribution in [1.82, 2.24) is 9.55 Å². The zero-order valence-electron chi connectivity index (χ0n) is 10.5. The van der Waals surface area contributed by atoms with E-state index in [9.17, 15) is 4.39 Å². The first-order valence-electron chi connectivity index (χ1n) is 6.25. The number of aromatic amines is 1. The molecule has 0 amide bonds. The van der Waals surface area contributed by atoms with Gasteiger partial charge in [0.15, 0.2) is 4.77 Å². The average Bonchev–Trinajstić information content (AvgIpc) is 2.97. The van der Waals surface area contributed by atoms with Gasteiger partial charge in [0.2, 0.25) is 0 Å². The van der Waals surface area contributed by atoms with E-state index < -0.39 is 5.82 Å². The van der Waals surface area contributed by atoms with Crippen molar-refractivity contribution in [3.63, 3.8) is 0 Å². The van der Waals surface area contributed by atoms with E-state index in [1.165, 1.54) is 6.07 Å². The number of halogens is 2. The highest BCUT2D eigenvalue weighted by Gasteiger charge is 2.25. The molecule has 1 fully saturated rings. The molecule has 3 nitrogen and oxygen atoms in total. The van der Waals surface area contributed by atoms with Crippen molar-refractivity contribution < 1.29 is 9.13 Å². The summed E-state index contributed by atoms with van der Waals surface area (Å²) in [5, 5.41) is 0.116. The Labute approximate surface area is 120 Å². The molecule has 1 saturated heterocycles. The molecule has 2 atom stereocenters. The van der Waals surface area contributed by atoms with Crippen LogP contribution in [0.4, 0.5) is 4.39 Å². The third-order valence-electron chi connectivity index (χ3n) is 3.81. The summed E-state index contributed by atoms with van der Waals surface area (Å²) in [6, 6.07) is 3.22. The second kappa shape index (κ2) is 4.89. The second-order valence-electron chi connectivity index (χ2n) is 4.95. The molecular weight excluding hydrogens is 287 g/mol. The molecule has 2 aromatic rings. The minimum atomic E-state index is -0.436. The van der Waals surface area contributed by atoms with Gasteiger partial charge in [-0.1, -0.05) is 11.6 Å². The van der Waals surface area contributed by atoms with Crippen molar-refractivity contribution in [2.24, 2.45) is 5.92 Å². The van der Waals surface area contributed by atoms with E-state index in [2.05, 4.69) is 11.9 Å². The predicted molar refractivity (Wildman–Crippen MR) is 75.7 cm³/mol. The molecule has 1 aromatic heterocycles. The van der Waals surface area contributed by atoms with Crippen molar-refractivity contribution in [3.8, 4) is 0 Å². The molecule has 1 aliphatic rings. The maximum Gasteiger partial charge on any atom is 0.178 e. The lowest BCUT2D eigenvalue weighted by molar-refractivity contribution is 0.175. The Morgan fingerprint density at radius 2 is 2.37 bits per heavy atom. The van der Waals surface area contributed by atoms with Gasteiger partial charge in [0.25, 0.3) is 0 Å². The number of imidazole rings is 1. The van der Waals surface area contributed by atoms with Crippen LogP contribution in [0.2, 0.25) is 5.02 Å². The van der Waals surface area contributed by atoms with Gasteiger partial charge in [-0.15, -0.1) is 0 Å². The third kappa shape index (κ3) is 2.20. The standard InChI is InChI=1S/C13H14ClFN2OS/c1-7(8-2-3-18-6-8)17-12-4-9(14)10(15)5-11(12)16-13(17)19/h4-5,7-8H,2-3,6H2,1H3,(H,16,19). The van der Waals surface area contributed by atoms with Crippen molar-refractivity contribution >= 4 is 34.9 Å². The number of H-pyrrole nitrogens is 1. The zero-order valence-corrected chi connectivity index (χ0v) is 12.0. The molecule has 3 rings (SSSR count). The molecular formula is C13H14ClFN2OS. The van der Waals surface area contributed by atoms with Gasteiger partial charge in [-0.05, 0) is 31.6 Å². The topological polar surface area (TPSA) is 29.9 Å². The molecule has 19 heavy (non-hydrogen) atoms. The van der Waals surface area contributed by atoms with E-state index in [-0.39, 0.29) is 11.1 Å². The molecule has 6 heteroatoms. The summed E-state index contributed by atoms with van der Waals surface area (Å²) in [5.41, 5.74) is 1.52. The second-order valence-corrected chi connectivity index (χ2v) is 5.74. The molecule has 2 unspecified atom stereocenters. The summed E-state index contributed by atoms with van der Waals surface area (Å²) in [6.45, 7) is 3.64. The first-order valence-corrected chi connectivity index (χ1v) is 7.03. The largest absolute Gasteiger partial charge is 0.381 e. The number of ether oxygens (including phenoxy) is 1. The highest BCUT2D eigenvalue weighted by atomic mass is 35.5. The number of fused-ring (bicyclic) bond motifs is 1. The molecule has 0 spiro atoms. The summed E-state index contributed by atoms with van der Waals surface area (Å²) in [6.07, 6.45) is 1.02. The Hall–Kier alpha value is -0.910. The Bertz CT molecular complexity index is 675. The first-order chi connectivity index (χ1) is 9.08. The minimum absolute atomic E-state index is 0.116. The summed E-state index contributed by atoms with van der Waals surface area (Å²) in [7, 11) is 0. The Balaban J connectivity index is 2.14. The first kappa shape index (κ1) is 13.1. The van der Waals surface area contributed by atoms with Crippen LogP contribution in [0.1, 0.15) is 19.4 Å². The van der Waals surface area contributed by atoms with E-state index in [0.29, 0.717) is 16.2 Å². The summed E-state index contributed by atoms with van der Waals surface area (Å²) in [5.74, 6) is -0.0102. The molecule has 0 aliphatic carbocycles. The van der Waals surface area contributed by atoms with Crippen molar-refractivity contribution in [2.75, 3.05) is 13.2 Å². The molecule has 1 aromatic carbocycles. The van der Waals surface area contributed by atoms with Gasteiger partial charge in [-0.25, -0.2) is 4.39 Å². The van der Waals surface area contributed by atoms with Crippen molar-refractivity contribution in [3.05, 3.63) is 27.7 Å². The van der Waals surface area contributed by atoms with Gasteiger partial charge in [0.05, 0.1) is 22.7 Å². The number of nitrogens with zero attached hydrogens (tertiary/aromatic N) is 1. The lowest BCUT2D eigenvalue weighted by Crippen LogP contribution is -2.16. The van der Waals surface area contributed by atoms with Gasteiger partial charge >= 0.3 is 0 Å². The Morgan fingerprint density at radius 1 is 1.58 bits per heavy atom. The number of benzene rings is 1. The van der Waals surface area contributed by atoms with E-state index in [4.69, 9.17) is 28.6 Å². The lowest BCUT2D eigenvalue weighted by atomic mass is 10.0. The van der Waals surface area contributed by atoms with Gasteiger partial charge in [-0.3, -0.25) is 0 Å². The number of hydrogen-bond donors (Lipinski definition) is 1. The highest BCUT2D eigenvalue weighted by Crippen LogP contribution is 2.31. The fourth-order valence-corrected chi connectivity index (χ4v) is 3.20. The molecule has 2 heterocycles.